The van der Waals surface area contributed by atoms with Crippen molar-refractivity contribution in [3.05, 3.63) is 23.2 Å². The van der Waals surface area contributed by atoms with Crippen LogP contribution in [0.1, 0.15) is 39.0 Å². The largest absolute Gasteiger partial charge is 0.325 e. The smallest absolute Gasteiger partial charge is 0.282 e. The number of nitrogens with zero attached hydrogens (tertiary/aromatic N) is 1. The van der Waals surface area contributed by atoms with E-state index in [0.29, 0.717) is 23.8 Å². The maximum Gasteiger partial charge on any atom is 0.282 e. The molecular weight excluding hydrogens is 374 g/mol. The highest BCUT2D eigenvalue weighted by Crippen LogP contribution is 2.28. The molecule has 144 valence electrons. The Morgan fingerprint density at radius 3 is 2.46 bits per heavy atom. The van der Waals surface area contributed by atoms with Gasteiger partial charge in [-0.15, -0.1) is 0 Å². The number of carbonyl (C=O) groups is 1. The molecule has 1 atom stereocenters. The van der Waals surface area contributed by atoms with Crippen molar-refractivity contribution < 1.29 is 18.1 Å². The highest BCUT2D eigenvalue weighted by atomic mass is 35.5. The molecule has 0 spiro atoms. The van der Waals surface area contributed by atoms with Crippen LogP contribution in [0.5, 0.6) is 0 Å². The van der Waals surface area contributed by atoms with E-state index in [9.17, 15) is 13.2 Å². The summed E-state index contributed by atoms with van der Waals surface area (Å²) in [5.41, 5.74) is 0.361. The summed E-state index contributed by atoms with van der Waals surface area (Å²) < 4.78 is 27.2. The van der Waals surface area contributed by atoms with Crippen LogP contribution in [0.3, 0.4) is 0 Å². The Balaban J connectivity index is 1.77. The molecule has 2 aliphatic heterocycles. The number of amides is 1. The first kappa shape index (κ1) is 19.6. The second kappa shape index (κ2) is 8.25. The Morgan fingerprint density at radius 2 is 1.81 bits per heavy atom. The number of anilines is 1. The standard InChI is InChI=1S/C18H26ClN3O3S/c1-14(21-9-5-6-10-21)18(23)20-17-13-15(7-8-16(17)19)26(24,25)22-11-3-2-4-12-22/h7-8,13-14H,2-6,9-12H2,1H3,(H,20,23)/p+1/t14-/m0/s1. The van der Waals surface area contributed by atoms with Crippen LogP contribution < -0.4 is 10.2 Å². The first-order chi connectivity index (χ1) is 12.4. The number of nitrogens with one attached hydrogen (secondary N) is 2. The number of quaternary nitrogens is 1. The fraction of sp³-hybridized carbons (Fsp3) is 0.611. The Labute approximate surface area is 160 Å². The van der Waals surface area contributed by atoms with Crippen molar-refractivity contribution in [2.75, 3.05) is 31.5 Å². The molecule has 2 heterocycles. The van der Waals surface area contributed by atoms with Crippen molar-refractivity contribution in [2.24, 2.45) is 0 Å². The quantitative estimate of drug-likeness (QED) is 0.787. The van der Waals surface area contributed by atoms with E-state index in [0.717, 1.165) is 45.2 Å². The summed E-state index contributed by atoms with van der Waals surface area (Å²) in [7, 11) is -3.55. The summed E-state index contributed by atoms with van der Waals surface area (Å²) in [6, 6.07) is 4.35. The topological polar surface area (TPSA) is 70.9 Å². The molecule has 0 unspecified atom stereocenters. The monoisotopic (exact) mass is 400 g/mol. The number of halogens is 1. The highest BCUT2D eigenvalue weighted by molar-refractivity contribution is 7.89. The molecule has 0 saturated carbocycles. The van der Waals surface area contributed by atoms with Crippen molar-refractivity contribution in [1.82, 2.24) is 4.31 Å². The summed E-state index contributed by atoms with van der Waals surface area (Å²) in [5, 5.41) is 3.17. The molecule has 0 aliphatic carbocycles. The summed E-state index contributed by atoms with van der Waals surface area (Å²) in [6.45, 7) is 4.97. The Morgan fingerprint density at radius 1 is 1.15 bits per heavy atom. The van der Waals surface area contributed by atoms with E-state index in [-0.39, 0.29) is 16.8 Å². The van der Waals surface area contributed by atoms with Crippen LogP contribution in [0.2, 0.25) is 5.02 Å². The summed E-state index contributed by atoms with van der Waals surface area (Å²) in [4.78, 5) is 14.0. The van der Waals surface area contributed by atoms with Gasteiger partial charge in [-0.25, -0.2) is 8.42 Å². The lowest BCUT2D eigenvalue weighted by molar-refractivity contribution is -0.901. The van der Waals surface area contributed by atoms with E-state index in [4.69, 9.17) is 11.6 Å². The van der Waals surface area contributed by atoms with Crippen molar-refractivity contribution in [2.45, 2.75) is 50.0 Å². The molecule has 0 bridgehead atoms. The molecule has 0 aromatic heterocycles. The predicted octanol–water partition coefficient (Wildman–Crippen LogP) is 1.52. The van der Waals surface area contributed by atoms with Gasteiger partial charge in [-0.1, -0.05) is 18.0 Å². The zero-order chi connectivity index (χ0) is 18.7. The third kappa shape index (κ3) is 4.22. The first-order valence-corrected chi connectivity index (χ1v) is 11.2. The number of likely N-dealkylation sites (tertiary alicyclic amines) is 1. The zero-order valence-corrected chi connectivity index (χ0v) is 16.7. The molecule has 2 saturated heterocycles. The van der Waals surface area contributed by atoms with Gasteiger partial charge in [-0.05, 0) is 38.0 Å². The molecule has 26 heavy (non-hydrogen) atoms. The second-order valence-electron chi connectivity index (χ2n) is 7.18. The zero-order valence-electron chi connectivity index (χ0n) is 15.1. The van der Waals surface area contributed by atoms with Gasteiger partial charge < -0.3 is 10.2 Å². The Bertz CT molecular complexity index is 757. The number of hydrogen-bond donors (Lipinski definition) is 2. The maximum atomic E-state index is 12.8. The van der Waals surface area contributed by atoms with Gasteiger partial charge in [0, 0.05) is 25.9 Å². The SMILES string of the molecule is C[C@@H](C(=O)Nc1cc(S(=O)(=O)N2CCCCC2)ccc1Cl)[NH+]1CCCC1. The fourth-order valence-electron chi connectivity index (χ4n) is 3.70. The third-order valence-corrected chi connectivity index (χ3v) is 7.62. The number of benzene rings is 1. The van der Waals surface area contributed by atoms with Crippen LogP contribution in [0, 0.1) is 0 Å². The Hall–Kier alpha value is -1.15. The van der Waals surface area contributed by atoms with Gasteiger partial charge in [0.2, 0.25) is 10.0 Å². The molecule has 2 fully saturated rings. The molecule has 2 aliphatic rings. The second-order valence-corrected chi connectivity index (χ2v) is 9.53. The van der Waals surface area contributed by atoms with Crippen LogP contribution in [0.4, 0.5) is 5.69 Å². The average Bonchev–Trinajstić information content (AvgIpc) is 3.18. The van der Waals surface area contributed by atoms with Crippen LogP contribution in [0.15, 0.2) is 23.1 Å². The molecule has 2 N–H and O–H groups in total. The molecule has 3 rings (SSSR count). The summed E-state index contributed by atoms with van der Waals surface area (Å²) in [6.07, 6.45) is 5.10. The van der Waals surface area contributed by atoms with Crippen LogP contribution in [-0.2, 0) is 14.8 Å². The molecule has 0 radical (unpaired) electrons. The van der Waals surface area contributed by atoms with Gasteiger partial charge in [0.25, 0.3) is 5.91 Å². The van der Waals surface area contributed by atoms with Crippen LogP contribution in [-0.4, -0.2) is 50.9 Å². The van der Waals surface area contributed by atoms with Gasteiger partial charge in [-0.3, -0.25) is 4.79 Å². The minimum absolute atomic E-state index is 0.128. The van der Waals surface area contributed by atoms with Crippen LogP contribution in [0.25, 0.3) is 0 Å². The minimum atomic E-state index is -3.55. The molecule has 1 aromatic rings. The molecule has 8 heteroatoms. The van der Waals surface area contributed by atoms with Gasteiger partial charge >= 0.3 is 0 Å². The van der Waals surface area contributed by atoms with Gasteiger partial charge in [0.15, 0.2) is 6.04 Å². The van der Waals surface area contributed by atoms with Gasteiger partial charge in [-0.2, -0.15) is 4.31 Å². The summed E-state index contributed by atoms with van der Waals surface area (Å²) in [5.74, 6) is -0.128. The number of rotatable bonds is 5. The lowest BCUT2D eigenvalue weighted by Gasteiger charge is -2.26. The van der Waals surface area contributed by atoms with E-state index in [1.54, 1.807) is 6.07 Å². The van der Waals surface area contributed by atoms with E-state index in [1.807, 2.05) is 6.92 Å². The fourth-order valence-corrected chi connectivity index (χ4v) is 5.41. The first-order valence-electron chi connectivity index (χ1n) is 9.35. The number of carbonyl (C=O) groups excluding carboxylic acids is 1. The number of sulfonamides is 1. The minimum Gasteiger partial charge on any atom is -0.325 e. The van der Waals surface area contributed by atoms with Crippen LogP contribution >= 0.6 is 11.6 Å². The van der Waals surface area contributed by atoms with Crippen molar-refractivity contribution in [3.8, 4) is 0 Å². The average molecular weight is 401 g/mol. The Kier molecular flexibility index (Phi) is 6.22. The molecule has 6 nitrogen and oxygen atoms in total. The summed E-state index contributed by atoms with van der Waals surface area (Å²) >= 11 is 6.21. The van der Waals surface area contributed by atoms with Crippen molar-refractivity contribution in [1.29, 1.82) is 0 Å². The number of piperidine rings is 1. The molecular formula is C18H27ClN3O3S+. The third-order valence-electron chi connectivity index (χ3n) is 5.40. The van der Waals surface area contributed by atoms with E-state index in [2.05, 4.69) is 5.32 Å². The normalized spacial score (nSPS) is 20.8. The van der Waals surface area contributed by atoms with Crippen molar-refractivity contribution in [3.63, 3.8) is 0 Å². The maximum absolute atomic E-state index is 12.8. The van der Waals surface area contributed by atoms with E-state index >= 15 is 0 Å². The lowest BCUT2D eigenvalue weighted by atomic mass is 10.2. The molecule has 1 amide bonds. The van der Waals surface area contributed by atoms with Gasteiger partial charge in [0.1, 0.15) is 0 Å². The predicted molar refractivity (Wildman–Crippen MR) is 102 cm³/mol. The number of hydrogen-bond acceptors (Lipinski definition) is 3. The highest BCUT2D eigenvalue weighted by Gasteiger charge is 2.29. The molecule has 1 aromatic carbocycles. The van der Waals surface area contributed by atoms with Crippen molar-refractivity contribution >= 4 is 33.2 Å². The van der Waals surface area contributed by atoms with E-state index < -0.39 is 10.0 Å². The van der Waals surface area contributed by atoms with E-state index in [1.165, 1.54) is 21.3 Å². The lowest BCUT2D eigenvalue weighted by Crippen LogP contribution is -3.14. The van der Waals surface area contributed by atoms with Gasteiger partial charge in [0.05, 0.1) is 28.7 Å².